The average molecular weight is 387 g/mol. The first-order valence-electron chi connectivity index (χ1n) is 9.49. The minimum atomic E-state index is -4.22. The summed E-state index contributed by atoms with van der Waals surface area (Å²) in [6.45, 7) is 2.93. The Bertz CT molecular complexity index is 619. The van der Waals surface area contributed by atoms with E-state index in [2.05, 4.69) is 12.2 Å². The molecule has 2 rings (SSSR count). The van der Waals surface area contributed by atoms with Gasteiger partial charge in [-0.1, -0.05) is 25.8 Å². The van der Waals surface area contributed by atoms with Crippen molar-refractivity contribution in [2.45, 2.75) is 58.2 Å². The normalized spacial score (nSPS) is 20.2. The van der Waals surface area contributed by atoms with E-state index in [9.17, 15) is 18.0 Å². The highest BCUT2D eigenvalue weighted by Gasteiger charge is 2.43. The lowest BCUT2D eigenvalue weighted by atomic mass is 9.80. The van der Waals surface area contributed by atoms with Gasteiger partial charge in [0.15, 0.2) is 11.5 Å². The van der Waals surface area contributed by atoms with Crippen molar-refractivity contribution in [1.82, 2.24) is 5.32 Å². The number of unbranched alkanes of at least 4 members (excludes halogenated alkanes) is 1. The number of carbonyl (C=O) groups is 1. The highest BCUT2D eigenvalue weighted by Crippen LogP contribution is 2.40. The molecule has 1 N–H and O–H groups in total. The van der Waals surface area contributed by atoms with Crippen LogP contribution in [0.1, 0.15) is 51.0 Å². The Labute approximate surface area is 158 Å². The molecule has 1 aliphatic rings. The van der Waals surface area contributed by atoms with E-state index in [4.69, 9.17) is 9.47 Å². The monoisotopic (exact) mass is 387 g/mol. The number of carbonyl (C=O) groups excluding carboxylic acids is 1. The molecule has 0 bridgehead atoms. The lowest BCUT2D eigenvalue weighted by Gasteiger charge is -2.29. The van der Waals surface area contributed by atoms with Crippen molar-refractivity contribution in [2.75, 3.05) is 13.7 Å². The molecule has 152 valence electrons. The van der Waals surface area contributed by atoms with Crippen molar-refractivity contribution in [3.05, 3.63) is 23.8 Å². The average Bonchev–Trinajstić information content (AvgIpc) is 2.66. The standard InChI is InChI=1S/C20H28F3NO3/c1-3-4-10-27-17-9-8-14(11-18(17)26-2)13-24-19(25)15-6-5-7-16(12-15)20(21,22)23/h8-9,11,15-16H,3-7,10,12-13H2,1-2H3,(H,24,25). The van der Waals surface area contributed by atoms with Crippen molar-refractivity contribution >= 4 is 5.91 Å². The molecular weight excluding hydrogens is 359 g/mol. The van der Waals surface area contributed by atoms with Crippen LogP contribution in [0.4, 0.5) is 13.2 Å². The molecule has 0 aliphatic heterocycles. The van der Waals surface area contributed by atoms with E-state index in [1.54, 1.807) is 19.2 Å². The van der Waals surface area contributed by atoms with Gasteiger partial charge in [0.2, 0.25) is 5.91 Å². The van der Waals surface area contributed by atoms with E-state index in [-0.39, 0.29) is 25.3 Å². The molecule has 0 saturated heterocycles. The molecule has 0 radical (unpaired) electrons. The van der Waals surface area contributed by atoms with Gasteiger partial charge in [-0.15, -0.1) is 0 Å². The minimum absolute atomic E-state index is 0.115. The molecule has 0 spiro atoms. The van der Waals surface area contributed by atoms with Crippen LogP contribution in [-0.2, 0) is 11.3 Å². The van der Waals surface area contributed by atoms with Crippen LogP contribution >= 0.6 is 0 Å². The van der Waals surface area contributed by atoms with Crippen LogP contribution in [0.2, 0.25) is 0 Å². The summed E-state index contributed by atoms with van der Waals surface area (Å²) in [6.07, 6.45) is -1.32. The quantitative estimate of drug-likeness (QED) is 0.648. The zero-order valence-corrected chi connectivity index (χ0v) is 15.9. The third-order valence-electron chi connectivity index (χ3n) is 4.96. The summed E-state index contributed by atoms with van der Waals surface area (Å²) in [5.41, 5.74) is 0.811. The first-order valence-corrected chi connectivity index (χ1v) is 9.49. The highest BCUT2D eigenvalue weighted by atomic mass is 19.4. The number of hydrogen-bond acceptors (Lipinski definition) is 3. The van der Waals surface area contributed by atoms with E-state index in [0.717, 1.165) is 18.4 Å². The van der Waals surface area contributed by atoms with Gasteiger partial charge in [-0.25, -0.2) is 0 Å². The third-order valence-corrected chi connectivity index (χ3v) is 4.96. The maximum atomic E-state index is 12.9. The van der Waals surface area contributed by atoms with E-state index >= 15 is 0 Å². The van der Waals surface area contributed by atoms with Crippen molar-refractivity contribution in [2.24, 2.45) is 11.8 Å². The molecule has 1 amide bonds. The SMILES string of the molecule is CCCCOc1ccc(CNC(=O)C2CCCC(C(F)(F)F)C2)cc1OC. The van der Waals surface area contributed by atoms with Crippen LogP contribution in [0.3, 0.4) is 0 Å². The number of ether oxygens (including phenoxy) is 2. The number of hydrogen-bond donors (Lipinski definition) is 1. The summed E-state index contributed by atoms with van der Waals surface area (Å²) >= 11 is 0. The summed E-state index contributed by atoms with van der Waals surface area (Å²) in [4.78, 5) is 12.3. The molecule has 4 nitrogen and oxygen atoms in total. The van der Waals surface area contributed by atoms with Gasteiger partial charge in [-0.05, 0) is 43.4 Å². The molecule has 1 aliphatic carbocycles. The maximum absolute atomic E-state index is 12.9. The van der Waals surface area contributed by atoms with E-state index in [0.29, 0.717) is 30.9 Å². The van der Waals surface area contributed by atoms with Gasteiger partial charge < -0.3 is 14.8 Å². The fourth-order valence-corrected chi connectivity index (χ4v) is 3.33. The molecule has 1 aromatic rings. The predicted molar refractivity (Wildman–Crippen MR) is 96.7 cm³/mol. The second kappa shape index (κ2) is 9.85. The smallest absolute Gasteiger partial charge is 0.391 e. The zero-order chi connectivity index (χ0) is 19.9. The molecule has 2 unspecified atom stereocenters. The number of alkyl halides is 3. The number of benzene rings is 1. The van der Waals surface area contributed by atoms with Crippen molar-refractivity contribution in [3.8, 4) is 11.5 Å². The molecule has 1 aromatic carbocycles. The second-order valence-electron chi connectivity index (χ2n) is 7.01. The van der Waals surface area contributed by atoms with Crippen LogP contribution in [-0.4, -0.2) is 25.8 Å². The lowest BCUT2D eigenvalue weighted by Crippen LogP contribution is -2.37. The Morgan fingerprint density at radius 2 is 2.04 bits per heavy atom. The predicted octanol–water partition coefficient (Wildman–Crippen LogP) is 4.86. The highest BCUT2D eigenvalue weighted by molar-refractivity contribution is 5.78. The van der Waals surface area contributed by atoms with Gasteiger partial charge in [-0.3, -0.25) is 4.79 Å². The van der Waals surface area contributed by atoms with Gasteiger partial charge in [-0.2, -0.15) is 13.2 Å². The summed E-state index contributed by atoms with van der Waals surface area (Å²) < 4.78 is 49.7. The Kier molecular flexibility index (Phi) is 7.80. The Hall–Kier alpha value is -1.92. The molecule has 2 atom stereocenters. The van der Waals surface area contributed by atoms with Gasteiger partial charge >= 0.3 is 6.18 Å². The second-order valence-corrected chi connectivity index (χ2v) is 7.01. The first kappa shape index (κ1) is 21.4. The van der Waals surface area contributed by atoms with Crippen molar-refractivity contribution in [3.63, 3.8) is 0 Å². The molecule has 1 fully saturated rings. The molecule has 7 heteroatoms. The summed E-state index contributed by atoms with van der Waals surface area (Å²) in [6, 6.07) is 5.39. The summed E-state index contributed by atoms with van der Waals surface area (Å²) in [5.74, 6) is -1.05. The molecule has 0 aromatic heterocycles. The Morgan fingerprint density at radius 1 is 1.26 bits per heavy atom. The van der Waals surface area contributed by atoms with E-state index < -0.39 is 18.0 Å². The van der Waals surface area contributed by atoms with Crippen LogP contribution in [0, 0.1) is 11.8 Å². The molecule has 0 heterocycles. The maximum Gasteiger partial charge on any atom is 0.391 e. The number of halogens is 3. The van der Waals surface area contributed by atoms with Gasteiger partial charge in [0, 0.05) is 12.5 Å². The van der Waals surface area contributed by atoms with Crippen LogP contribution in [0.25, 0.3) is 0 Å². The van der Waals surface area contributed by atoms with E-state index in [1.165, 1.54) is 0 Å². The van der Waals surface area contributed by atoms with Crippen LogP contribution < -0.4 is 14.8 Å². The molecule has 27 heavy (non-hydrogen) atoms. The first-order chi connectivity index (χ1) is 12.8. The number of nitrogens with one attached hydrogen (secondary N) is 1. The van der Waals surface area contributed by atoms with Gasteiger partial charge in [0.25, 0.3) is 0 Å². The summed E-state index contributed by atoms with van der Waals surface area (Å²) in [5, 5.41) is 2.76. The van der Waals surface area contributed by atoms with Crippen LogP contribution in [0.5, 0.6) is 11.5 Å². The van der Waals surface area contributed by atoms with Gasteiger partial charge in [0.05, 0.1) is 19.6 Å². The fraction of sp³-hybridized carbons (Fsp3) is 0.650. The fourth-order valence-electron chi connectivity index (χ4n) is 3.33. The molecular formula is C20H28F3NO3. The number of methoxy groups -OCH3 is 1. The zero-order valence-electron chi connectivity index (χ0n) is 15.9. The number of amides is 1. The van der Waals surface area contributed by atoms with Gasteiger partial charge in [0.1, 0.15) is 0 Å². The summed E-state index contributed by atoms with van der Waals surface area (Å²) in [7, 11) is 1.55. The number of rotatable bonds is 8. The largest absolute Gasteiger partial charge is 0.493 e. The third kappa shape index (κ3) is 6.33. The van der Waals surface area contributed by atoms with E-state index in [1.807, 2.05) is 6.07 Å². The lowest BCUT2D eigenvalue weighted by molar-refractivity contribution is -0.186. The van der Waals surface area contributed by atoms with Crippen LogP contribution in [0.15, 0.2) is 18.2 Å². The topological polar surface area (TPSA) is 47.6 Å². The Morgan fingerprint density at radius 3 is 2.70 bits per heavy atom. The van der Waals surface area contributed by atoms with Crippen molar-refractivity contribution in [1.29, 1.82) is 0 Å². The molecule has 1 saturated carbocycles. The Balaban J connectivity index is 1.90. The minimum Gasteiger partial charge on any atom is -0.493 e. The van der Waals surface area contributed by atoms with Crippen molar-refractivity contribution < 1.29 is 27.4 Å².